The number of nitro groups is 1. The van der Waals surface area contributed by atoms with E-state index in [1.54, 1.807) is 25.1 Å². The average molecular weight is 460 g/mol. The Labute approximate surface area is 182 Å². The molecule has 0 heterocycles. The third-order valence-corrected chi connectivity index (χ3v) is 5.84. The lowest BCUT2D eigenvalue weighted by Crippen LogP contribution is -2.14. The Bertz CT molecular complexity index is 1310. The molecule has 0 saturated heterocycles. The van der Waals surface area contributed by atoms with Crippen LogP contribution in [0, 0.1) is 35.6 Å². The normalized spacial score (nSPS) is 11.5. The standard InChI is InChI=1S/C21H18F2N4O4S/c1-13-6-8-19(14(2)10-13)26-32(30,31)15-7-9-20(21(11-15)27(28)29)25-24-12-16-17(22)4-3-5-18(16)23/h3-12,25-26H,1-2H3. The second-order valence-electron chi connectivity index (χ2n) is 6.87. The van der Waals surface area contributed by atoms with Gasteiger partial charge in [0.1, 0.15) is 17.3 Å². The number of nitrogens with zero attached hydrogens (tertiary/aromatic N) is 2. The van der Waals surface area contributed by atoms with Crippen molar-refractivity contribution >= 4 is 33.3 Å². The van der Waals surface area contributed by atoms with Crippen molar-refractivity contribution in [2.75, 3.05) is 10.1 Å². The molecule has 0 atom stereocenters. The first kappa shape index (κ1) is 22.8. The molecule has 3 aromatic carbocycles. The van der Waals surface area contributed by atoms with E-state index in [0.717, 1.165) is 42.1 Å². The van der Waals surface area contributed by atoms with Crippen LogP contribution in [0.3, 0.4) is 0 Å². The van der Waals surface area contributed by atoms with Crippen molar-refractivity contribution in [2.45, 2.75) is 18.7 Å². The van der Waals surface area contributed by atoms with Crippen molar-refractivity contribution in [3.05, 3.63) is 93.0 Å². The zero-order valence-corrected chi connectivity index (χ0v) is 17.8. The highest BCUT2D eigenvalue weighted by atomic mass is 32.2. The molecule has 0 aliphatic carbocycles. The van der Waals surface area contributed by atoms with E-state index in [1.807, 2.05) is 6.92 Å². The van der Waals surface area contributed by atoms with Crippen molar-refractivity contribution in [3.8, 4) is 0 Å². The van der Waals surface area contributed by atoms with Crippen LogP contribution < -0.4 is 10.1 Å². The molecule has 0 saturated carbocycles. The second-order valence-corrected chi connectivity index (χ2v) is 8.55. The summed E-state index contributed by atoms with van der Waals surface area (Å²) in [5, 5.41) is 15.1. The van der Waals surface area contributed by atoms with Gasteiger partial charge in [0.25, 0.3) is 15.7 Å². The number of sulfonamides is 1. The van der Waals surface area contributed by atoms with Gasteiger partial charge < -0.3 is 0 Å². The number of rotatable bonds is 7. The fraction of sp³-hybridized carbons (Fsp3) is 0.0952. The van der Waals surface area contributed by atoms with E-state index in [2.05, 4.69) is 15.2 Å². The highest BCUT2D eigenvalue weighted by molar-refractivity contribution is 7.92. The summed E-state index contributed by atoms with van der Waals surface area (Å²) in [6.45, 7) is 3.60. The Morgan fingerprint density at radius 2 is 1.66 bits per heavy atom. The van der Waals surface area contributed by atoms with E-state index in [1.165, 1.54) is 6.07 Å². The monoisotopic (exact) mass is 460 g/mol. The van der Waals surface area contributed by atoms with Gasteiger partial charge in [-0.3, -0.25) is 20.3 Å². The summed E-state index contributed by atoms with van der Waals surface area (Å²) in [6.07, 6.45) is 0.834. The third kappa shape index (κ3) is 5.06. The quantitative estimate of drug-likeness (QED) is 0.300. The molecule has 0 aromatic heterocycles. The highest BCUT2D eigenvalue weighted by Crippen LogP contribution is 2.29. The molecule has 0 spiro atoms. The molecule has 2 N–H and O–H groups in total. The Balaban J connectivity index is 1.88. The molecule has 0 fully saturated rings. The van der Waals surface area contributed by atoms with Crippen LogP contribution in [0.4, 0.5) is 25.8 Å². The molecule has 0 amide bonds. The van der Waals surface area contributed by atoms with Gasteiger partial charge in [-0.1, -0.05) is 23.8 Å². The molecule has 0 aliphatic rings. The number of hydrogen-bond donors (Lipinski definition) is 2. The summed E-state index contributed by atoms with van der Waals surface area (Å²) < 4.78 is 55.2. The van der Waals surface area contributed by atoms with E-state index in [9.17, 15) is 27.3 Å². The van der Waals surface area contributed by atoms with Crippen LogP contribution in [0.1, 0.15) is 16.7 Å². The van der Waals surface area contributed by atoms with Crippen molar-refractivity contribution < 1.29 is 22.1 Å². The molecule has 3 rings (SSSR count). The van der Waals surface area contributed by atoms with Crippen molar-refractivity contribution in [2.24, 2.45) is 5.10 Å². The lowest BCUT2D eigenvalue weighted by Gasteiger charge is -2.12. The summed E-state index contributed by atoms with van der Waals surface area (Å²) in [6, 6.07) is 11.6. The van der Waals surface area contributed by atoms with Gasteiger partial charge in [0.05, 0.1) is 27.3 Å². The lowest BCUT2D eigenvalue weighted by molar-refractivity contribution is -0.384. The second kappa shape index (κ2) is 9.10. The van der Waals surface area contributed by atoms with Gasteiger partial charge in [0, 0.05) is 6.07 Å². The molecule has 0 bridgehead atoms. The number of halogens is 2. The highest BCUT2D eigenvalue weighted by Gasteiger charge is 2.22. The molecule has 11 heteroatoms. The predicted molar refractivity (Wildman–Crippen MR) is 117 cm³/mol. The first-order chi connectivity index (χ1) is 15.1. The number of aryl methyl sites for hydroxylation is 2. The van der Waals surface area contributed by atoms with Crippen LogP contribution in [0.5, 0.6) is 0 Å². The first-order valence-corrected chi connectivity index (χ1v) is 10.7. The van der Waals surface area contributed by atoms with Crippen LogP contribution >= 0.6 is 0 Å². The molecular weight excluding hydrogens is 442 g/mol. The van der Waals surface area contributed by atoms with Gasteiger partial charge in [0.15, 0.2) is 0 Å². The minimum absolute atomic E-state index is 0.159. The van der Waals surface area contributed by atoms with Gasteiger partial charge in [-0.05, 0) is 49.7 Å². The van der Waals surface area contributed by atoms with Crippen LogP contribution in [0.25, 0.3) is 0 Å². The fourth-order valence-corrected chi connectivity index (χ4v) is 4.01. The third-order valence-electron chi connectivity index (χ3n) is 4.48. The Morgan fingerprint density at radius 3 is 2.28 bits per heavy atom. The molecule has 166 valence electrons. The predicted octanol–water partition coefficient (Wildman–Crippen LogP) is 4.74. The van der Waals surface area contributed by atoms with E-state index in [4.69, 9.17) is 0 Å². The number of hydrogen-bond acceptors (Lipinski definition) is 6. The number of nitrogens with one attached hydrogen (secondary N) is 2. The van der Waals surface area contributed by atoms with Gasteiger partial charge >= 0.3 is 0 Å². The van der Waals surface area contributed by atoms with E-state index in [0.29, 0.717) is 11.3 Å². The molecule has 0 radical (unpaired) electrons. The minimum Gasteiger partial charge on any atom is -0.279 e. The van der Waals surface area contributed by atoms with Gasteiger partial charge in [0.2, 0.25) is 0 Å². The molecule has 8 nitrogen and oxygen atoms in total. The average Bonchev–Trinajstić information content (AvgIpc) is 2.72. The summed E-state index contributed by atoms with van der Waals surface area (Å²) in [5.74, 6) is -1.71. The van der Waals surface area contributed by atoms with Crippen LogP contribution in [0.2, 0.25) is 0 Å². The molecule has 0 aliphatic heterocycles. The topological polar surface area (TPSA) is 114 Å². The van der Waals surface area contributed by atoms with Crippen molar-refractivity contribution in [3.63, 3.8) is 0 Å². The van der Waals surface area contributed by atoms with Crippen molar-refractivity contribution in [1.82, 2.24) is 0 Å². The fourth-order valence-electron chi connectivity index (χ4n) is 2.86. The van der Waals surface area contributed by atoms with Gasteiger partial charge in [-0.25, -0.2) is 17.2 Å². The van der Waals surface area contributed by atoms with Crippen molar-refractivity contribution in [1.29, 1.82) is 0 Å². The van der Waals surface area contributed by atoms with Crippen LogP contribution in [0.15, 0.2) is 64.6 Å². The maximum atomic E-state index is 13.7. The summed E-state index contributed by atoms with van der Waals surface area (Å²) >= 11 is 0. The number of benzene rings is 3. The maximum absolute atomic E-state index is 13.7. The largest absolute Gasteiger partial charge is 0.295 e. The number of hydrazone groups is 1. The van der Waals surface area contributed by atoms with Gasteiger partial charge in [-0.2, -0.15) is 5.10 Å². The Morgan fingerprint density at radius 1 is 1.00 bits per heavy atom. The molecule has 0 unspecified atom stereocenters. The Kier molecular flexibility index (Phi) is 6.49. The zero-order chi connectivity index (χ0) is 23.5. The molecule has 3 aromatic rings. The summed E-state index contributed by atoms with van der Waals surface area (Å²) in [4.78, 5) is 10.3. The zero-order valence-electron chi connectivity index (χ0n) is 17.0. The lowest BCUT2D eigenvalue weighted by atomic mass is 10.1. The SMILES string of the molecule is Cc1ccc(NS(=O)(=O)c2ccc(NN=Cc3c(F)cccc3F)c([N+](=O)[O-])c2)c(C)c1. The van der Waals surface area contributed by atoms with Crippen LogP contribution in [-0.4, -0.2) is 19.6 Å². The molecular formula is C21H18F2N4O4S. The number of nitro benzene ring substituents is 1. The summed E-state index contributed by atoms with van der Waals surface area (Å²) in [5.41, 5.74) is 3.13. The maximum Gasteiger partial charge on any atom is 0.295 e. The Hall–Kier alpha value is -3.86. The van der Waals surface area contributed by atoms with Crippen LogP contribution in [-0.2, 0) is 10.0 Å². The van der Waals surface area contributed by atoms with E-state index >= 15 is 0 Å². The first-order valence-electron chi connectivity index (χ1n) is 9.20. The molecule has 32 heavy (non-hydrogen) atoms. The summed E-state index contributed by atoms with van der Waals surface area (Å²) in [7, 11) is -4.12. The number of anilines is 2. The van der Waals surface area contributed by atoms with E-state index < -0.39 is 37.8 Å². The van der Waals surface area contributed by atoms with Gasteiger partial charge in [-0.15, -0.1) is 0 Å². The minimum atomic E-state index is -4.12. The van der Waals surface area contributed by atoms with E-state index in [-0.39, 0.29) is 10.6 Å². The smallest absolute Gasteiger partial charge is 0.279 e.